The van der Waals surface area contributed by atoms with E-state index in [2.05, 4.69) is 0 Å². The average molecular weight is 259 g/mol. The van der Waals surface area contributed by atoms with Crippen molar-refractivity contribution in [2.45, 2.75) is 0 Å². The second-order valence-corrected chi connectivity index (χ2v) is 0. The minimum Gasteiger partial charge on any atom is -2.00 e. The molecule has 0 saturated carbocycles. The molecule has 0 unspecified atom stereocenters. The van der Waals surface area contributed by atoms with Gasteiger partial charge in [-0.1, -0.05) is 0 Å². The molecule has 0 aromatic heterocycles. The van der Waals surface area contributed by atoms with E-state index < -0.39 is 0 Å². The van der Waals surface area contributed by atoms with Crippen molar-refractivity contribution in [3.05, 3.63) is 0 Å². The van der Waals surface area contributed by atoms with Crippen molar-refractivity contribution < 1.29 is 22.5 Å². The minimum atomic E-state index is 0. The molecule has 0 aliphatic rings. The Balaban J connectivity index is 0. The maximum absolute atomic E-state index is 0. The molecule has 0 heterocycles. The maximum Gasteiger partial charge on any atom is 3.00 e. The van der Waals surface area contributed by atoms with Crippen molar-refractivity contribution in [2.24, 2.45) is 0 Å². The van der Waals surface area contributed by atoms with E-state index in [1.807, 2.05) is 0 Å². The Morgan fingerprint density at radius 3 is 0.571 bits per heavy atom. The Morgan fingerprint density at radius 2 is 0.571 bits per heavy atom. The zero-order chi connectivity index (χ0) is 0. The van der Waals surface area contributed by atoms with Crippen molar-refractivity contribution in [3.63, 3.8) is 0 Å². The van der Waals surface area contributed by atoms with Gasteiger partial charge in [-0.05, 0) is 0 Å². The first-order valence-corrected chi connectivity index (χ1v) is 0. The fraction of sp³-hybridized carbons (Fsp3) is 0. The Hall–Kier alpha value is 6.05. The zero-order valence-electron chi connectivity index (χ0n) is 4.17. The van der Waals surface area contributed by atoms with Crippen LogP contribution in [0.3, 0.4) is 0 Å². The van der Waals surface area contributed by atoms with Gasteiger partial charge in [0.2, 0.25) is 0 Å². The summed E-state index contributed by atoms with van der Waals surface area (Å²) in [6.07, 6.45) is 0. The molecular weight excluding hydrogens is 259 g/mol. The third kappa shape index (κ3) is 33.2. The Labute approximate surface area is 185 Å². The molecule has 1 nitrogen and oxygen atoms in total. The quantitative estimate of drug-likeness (QED) is 0.449. The molecule has 0 N–H and O–H groups in total. The summed E-state index contributed by atoms with van der Waals surface area (Å²) in [4.78, 5) is 0. The van der Waals surface area contributed by atoms with Gasteiger partial charge < -0.3 is 5.48 Å². The van der Waals surface area contributed by atoms with Crippen LogP contribution in [0, 0.1) is 0 Å². The summed E-state index contributed by atoms with van der Waals surface area (Å²) in [5, 5.41) is 0. The van der Waals surface area contributed by atoms with Crippen LogP contribution in [0.2, 0.25) is 0 Å². The van der Waals surface area contributed by atoms with Crippen molar-refractivity contribution >= 4 is 168 Å². The zero-order valence-corrected chi connectivity index (χ0v) is 15.3. The molecule has 0 radical (unpaired) electrons. The molecule has 0 amide bonds. The smallest absolute Gasteiger partial charge is 2.00 e. The van der Waals surface area contributed by atoms with Crippen molar-refractivity contribution in [1.82, 2.24) is 0 Å². The standard InChI is InChI=1S/Al.4Ca.Fe.O/q+3;5*+2;-2. The molecule has 0 aromatic carbocycles. The Kier molecular flexibility index (Phi) is 297. The van der Waals surface area contributed by atoms with Gasteiger partial charge in [-0.15, -0.1) is 0 Å². The molecule has 7 heteroatoms. The minimum absolute atomic E-state index is 0. The first kappa shape index (κ1) is 51.8. The van der Waals surface area contributed by atoms with E-state index in [-0.39, 0.29) is 191 Å². The molecule has 0 aliphatic carbocycles. The van der Waals surface area contributed by atoms with Crippen LogP contribution in [0.15, 0.2) is 0 Å². The summed E-state index contributed by atoms with van der Waals surface area (Å²) in [5.41, 5.74) is 0. The SMILES string of the molecule is [Al+3].[Ca+2].[Ca+2].[Ca+2].[Ca+2].[Fe+2].[O-2]. The molecule has 0 bridgehead atoms. The second kappa shape index (κ2) is 40.2. The summed E-state index contributed by atoms with van der Waals surface area (Å²) < 4.78 is 0. The fourth-order valence-corrected chi connectivity index (χ4v) is 0. The summed E-state index contributed by atoms with van der Waals surface area (Å²) in [6, 6.07) is 0. The first-order valence-electron chi connectivity index (χ1n) is 0. The largest absolute Gasteiger partial charge is 3.00 e. The van der Waals surface area contributed by atoms with E-state index in [4.69, 9.17) is 0 Å². The van der Waals surface area contributed by atoms with Gasteiger partial charge >= 0.3 is 185 Å². The molecule has 0 spiro atoms. The summed E-state index contributed by atoms with van der Waals surface area (Å²) in [7, 11) is 0. The van der Waals surface area contributed by atoms with E-state index >= 15 is 0 Å². The molecule has 0 saturated heterocycles. The van der Waals surface area contributed by atoms with Crippen LogP contribution in [0.4, 0.5) is 0 Å². The van der Waals surface area contributed by atoms with E-state index in [0.29, 0.717) is 0 Å². The van der Waals surface area contributed by atoms with Crippen LogP contribution in [-0.2, 0) is 22.5 Å². The Bertz CT molecular complexity index is 11.7. The predicted molar refractivity (Wildman–Crippen MR) is 29.5 cm³/mol. The molecule has 0 aliphatic heterocycles. The van der Waals surface area contributed by atoms with Crippen LogP contribution in [0.5, 0.6) is 0 Å². The normalized spacial score (nSPS) is 0. The maximum atomic E-state index is 0. The predicted octanol–water partition coefficient (Wildman–Crippen LogP) is -2.03. The van der Waals surface area contributed by atoms with Gasteiger partial charge in [0.25, 0.3) is 0 Å². The van der Waals surface area contributed by atoms with E-state index in [0.717, 1.165) is 0 Å². The van der Waals surface area contributed by atoms with Crippen LogP contribution in [0.1, 0.15) is 0 Å². The van der Waals surface area contributed by atoms with Crippen molar-refractivity contribution in [2.75, 3.05) is 0 Å². The third-order valence-corrected chi connectivity index (χ3v) is 0. The van der Waals surface area contributed by atoms with Gasteiger partial charge in [0, 0.05) is 0 Å². The third-order valence-electron chi connectivity index (χ3n) is 0. The van der Waals surface area contributed by atoms with Gasteiger partial charge in [0.1, 0.15) is 0 Å². The van der Waals surface area contributed by atoms with Gasteiger partial charge in [-0.25, -0.2) is 0 Å². The van der Waals surface area contributed by atoms with Gasteiger partial charge in [0.15, 0.2) is 0 Å². The molecular formula is AlCa4FeO+11. The van der Waals surface area contributed by atoms with Crippen LogP contribution >= 0.6 is 0 Å². The molecule has 0 aromatic rings. The monoisotopic (exact) mass is 259 g/mol. The van der Waals surface area contributed by atoms with Crippen molar-refractivity contribution in [3.8, 4) is 0 Å². The van der Waals surface area contributed by atoms with Crippen molar-refractivity contribution in [1.29, 1.82) is 0 Å². The number of hydrogen-bond acceptors (Lipinski definition) is 0. The summed E-state index contributed by atoms with van der Waals surface area (Å²) in [5.74, 6) is 0. The fourth-order valence-electron chi connectivity index (χ4n) is 0. The van der Waals surface area contributed by atoms with E-state index in [1.165, 1.54) is 0 Å². The summed E-state index contributed by atoms with van der Waals surface area (Å²) in [6.45, 7) is 0. The summed E-state index contributed by atoms with van der Waals surface area (Å²) >= 11 is 0. The molecule has 0 atom stereocenters. The molecule has 0 fully saturated rings. The van der Waals surface area contributed by atoms with E-state index in [9.17, 15) is 0 Å². The topological polar surface area (TPSA) is 28.5 Å². The van der Waals surface area contributed by atoms with Gasteiger partial charge in [0.05, 0.1) is 0 Å². The van der Waals surface area contributed by atoms with Crippen LogP contribution in [0.25, 0.3) is 0 Å². The first-order chi connectivity index (χ1) is 0. The second-order valence-electron chi connectivity index (χ2n) is 0. The molecule has 0 rings (SSSR count). The van der Waals surface area contributed by atoms with Crippen LogP contribution < -0.4 is 0 Å². The van der Waals surface area contributed by atoms with E-state index in [1.54, 1.807) is 0 Å². The number of rotatable bonds is 0. The number of hydrogen-bond donors (Lipinski definition) is 0. The molecule has 7 heavy (non-hydrogen) atoms. The van der Waals surface area contributed by atoms with Crippen LogP contribution in [-0.4, -0.2) is 168 Å². The van der Waals surface area contributed by atoms with Gasteiger partial charge in [-0.3, -0.25) is 0 Å². The molecule has 14 valence electrons. The Morgan fingerprint density at radius 1 is 0.571 bits per heavy atom. The van der Waals surface area contributed by atoms with Gasteiger partial charge in [-0.2, -0.15) is 0 Å². The average Bonchev–Trinajstić information content (AvgIpc) is 0.